The minimum atomic E-state index is 0.549. The zero-order chi connectivity index (χ0) is 17.3. The zero-order valence-corrected chi connectivity index (χ0v) is 14.6. The van der Waals surface area contributed by atoms with Gasteiger partial charge in [-0.25, -0.2) is 0 Å². The number of nitrogens with one attached hydrogen (secondary N) is 2. The molecule has 0 saturated heterocycles. The highest BCUT2D eigenvalue weighted by molar-refractivity contribution is 7.80. The number of benzene rings is 3. The molecule has 0 heterocycles. The molecule has 0 aliphatic rings. The second kappa shape index (κ2) is 8.85. The number of hydrogen-bond donors (Lipinski definition) is 2. The molecule has 0 fully saturated rings. The van der Waals surface area contributed by atoms with Crippen LogP contribution in [0.15, 0.2) is 84.9 Å². The van der Waals surface area contributed by atoms with Crippen LogP contribution in [0.3, 0.4) is 0 Å². The second-order valence-electron chi connectivity index (χ2n) is 5.56. The Bertz CT molecular complexity index is 806. The van der Waals surface area contributed by atoms with Crippen LogP contribution < -0.4 is 15.4 Å². The summed E-state index contributed by atoms with van der Waals surface area (Å²) in [6, 6.07) is 28.0. The fourth-order valence-electron chi connectivity index (χ4n) is 2.41. The van der Waals surface area contributed by atoms with E-state index in [0.717, 1.165) is 23.5 Å². The highest BCUT2D eigenvalue weighted by atomic mass is 32.1. The van der Waals surface area contributed by atoms with E-state index in [1.54, 1.807) is 0 Å². The van der Waals surface area contributed by atoms with Crippen LogP contribution in [0.5, 0.6) is 5.75 Å². The molecule has 0 saturated carbocycles. The van der Waals surface area contributed by atoms with E-state index < -0.39 is 0 Å². The smallest absolute Gasteiger partial charge is 0.175 e. The lowest BCUT2D eigenvalue weighted by atomic mass is 10.2. The first-order valence-corrected chi connectivity index (χ1v) is 8.60. The topological polar surface area (TPSA) is 33.3 Å². The van der Waals surface area contributed by atoms with Gasteiger partial charge in [-0.1, -0.05) is 54.6 Å². The summed E-state index contributed by atoms with van der Waals surface area (Å²) in [7, 11) is 0. The van der Waals surface area contributed by atoms with Crippen LogP contribution in [-0.2, 0) is 6.42 Å². The predicted octanol–water partition coefficient (Wildman–Crippen LogP) is 5.12. The molecule has 0 bridgehead atoms. The quantitative estimate of drug-likeness (QED) is 0.606. The van der Waals surface area contributed by atoms with E-state index in [9.17, 15) is 0 Å². The first-order chi connectivity index (χ1) is 12.3. The Labute approximate surface area is 153 Å². The predicted molar refractivity (Wildman–Crippen MR) is 108 cm³/mol. The monoisotopic (exact) mass is 348 g/mol. The van der Waals surface area contributed by atoms with Gasteiger partial charge in [0.05, 0.1) is 6.61 Å². The minimum absolute atomic E-state index is 0.549. The van der Waals surface area contributed by atoms with Crippen molar-refractivity contribution in [3.63, 3.8) is 0 Å². The van der Waals surface area contributed by atoms with Gasteiger partial charge in [0.25, 0.3) is 0 Å². The molecule has 0 amide bonds. The molecule has 3 aromatic rings. The van der Waals surface area contributed by atoms with Crippen molar-refractivity contribution < 1.29 is 4.74 Å². The van der Waals surface area contributed by atoms with Crippen LogP contribution in [0.1, 0.15) is 5.56 Å². The lowest BCUT2D eigenvalue weighted by Gasteiger charge is -2.12. The number of thiocarbonyl (C=S) groups is 1. The third-order valence-corrected chi connectivity index (χ3v) is 3.83. The zero-order valence-electron chi connectivity index (χ0n) is 13.8. The summed E-state index contributed by atoms with van der Waals surface area (Å²) in [6.07, 6.45) is 0.881. The first kappa shape index (κ1) is 17.0. The molecule has 2 N–H and O–H groups in total. The molecule has 0 spiro atoms. The Morgan fingerprint density at radius 2 is 1.40 bits per heavy atom. The number of ether oxygens (including phenoxy) is 1. The van der Waals surface area contributed by atoms with Gasteiger partial charge in [-0.2, -0.15) is 0 Å². The summed E-state index contributed by atoms with van der Waals surface area (Å²) in [4.78, 5) is 0. The van der Waals surface area contributed by atoms with Crippen molar-refractivity contribution in [2.24, 2.45) is 0 Å². The number of hydrogen-bond acceptors (Lipinski definition) is 2. The van der Waals surface area contributed by atoms with Crippen LogP contribution in [0.4, 0.5) is 11.4 Å². The third-order valence-electron chi connectivity index (χ3n) is 3.63. The van der Waals surface area contributed by atoms with E-state index in [0.29, 0.717) is 11.7 Å². The molecule has 126 valence electrons. The van der Waals surface area contributed by atoms with Crippen molar-refractivity contribution in [1.82, 2.24) is 0 Å². The summed E-state index contributed by atoms with van der Waals surface area (Å²) in [5.74, 6) is 0.823. The number of anilines is 2. The molecule has 0 radical (unpaired) electrons. The van der Waals surface area contributed by atoms with Crippen molar-refractivity contribution >= 4 is 28.7 Å². The lowest BCUT2D eigenvalue weighted by Crippen LogP contribution is -2.18. The van der Waals surface area contributed by atoms with Gasteiger partial charge in [0.1, 0.15) is 5.75 Å². The van der Waals surface area contributed by atoms with Crippen LogP contribution in [0.25, 0.3) is 0 Å². The van der Waals surface area contributed by atoms with Crippen LogP contribution >= 0.6 is 12.2 Å². The van der Waals surface area contributed by atoms with Gasteiger partial charge < -0.3 is 15.4 Å². The Kier molecular flexibility index (Phi) is 6.01. The van der Waals surface area contributed by atoms with E-state index in [2.05, 4.69) is 22.8 Å². The normalized spacial score (nSPS) is 10.1. The minimum Gasteiger partial charge on any atom is -0.493 e. The first-order valence-electron chi connectivity index (χ1n) is 8.19. The largest absolute Gasteiger partial charge is 0.493 e. The summed E-state index contributed by atoms with van der Waals surface area (Å²) < 4.78 is 5.85. The van der Waals surface area contributed by atoms with Gasteiger partial charge in [0, 0.05) is 23.9 Å². The molecule has 0 aromatic heterocycles. The molecule has 0 unspecified atom stereocenters. The Morgan fingerprint density at radius 1 is 0.760 bits per heavy atom. The molecule has 0 aliphatic heterocycles. The van der Waals surface area contributed by atoms with Crippen LogP contribution in [0, 0.1) is 0 Å². The Balaban J connectivity index is 1.51. The van der Waals surface area contributed by atoms with Crippen molar-refractivity contribution in [1.29, 1.82) is 0 Å². The molecule has 0 atom stereocenters. The Morgan fingerprint density at radius 3 is 2.16 bits per heavy atom. The Hall–Kier alpha value is -2.85. The van der Waals surface area contributed by atoms with E-state index in [4.69, 9.17) is 17.0 Å². The van der Waals surface area contributed by atoms with Crippen molar-refractivity contribution in [3.05, 3.63) is 90.5 Å². The van der Waals surface area contributed by atoms with Gasteiger partial charge in [-0.05, 0) is 42.0 Å². The van der Waals surface area contributed by atoms with Crippen LogP contribution in [-0.4, -0.2) is 11.7 Å². The molecule has 25 heavy (non-hydrogen) atoms. The van der Waals surface area contributed by atoms with E-state index in [-0.39, 0.29) is 0 Å². The lowest BCUT2D eigenvalue weighted by molar-refractivity contribution is 0.322. The van der Waals surface area contributed by atoms with Gasteiger partial charge in [0.15, 0.2) is 5.11 Å². The van der Waals surface area contributed by atoms with Crippen molar-refractivity contribution in [2.75, 3.05) is 17.2 Å². The molecule has 3 aromatic carbocycles. The number of para-hydroxylation sites is 1. The highest BCUT2D eigenvalue weighted by Gasteiger charge is 2.01. The summed E-state index contributed by atoms with van der Waals surface area (Å²) >= 11 is 5.35. The van der Waals surface area contributed by atoms with Crippen molar-refractivity contribution in [3.8, 4) is 5.75 Å². The molecule has 0 aliphatic carbocycles. The molecule has 3 nitrogen and oxygen atoms in total. The summed E-state index contributed by atoms with van der Waals surface area (Å²) in [6.45, 7) is 0.639. The molecular formula is C21H20N2OS. The van der Waals surface area contributed by atoms with Gasteiger partial charge in [-0.3, -0.25) is 0 Å². The average molecular weight is 348 g/mol. The van der Waals surface area contributed by atoms with E-state index in [1.165, 1.54) is 5.56 Å². The van der Waals surface area contributed by atoms with Gasteiger partial charge in [0.2, 0.25) is 0 Å². The summed E-state index contributed by atoms with van der Waals surface area (Å²) in [5.41, 5.74) is 3.12. The fourth-order valence-corrected chi connectivity index (χ4v) is 2.65. The number of rotatable bonds is 6. The van der Waals surface area contributed by atoms with Crippen molar-refractivity contribution in [2.45, 2.75) is 6.42 Å². The molecular weight excluding hydrogens is 328 g/mol. The second-order valence-corrected chi connectivity index (χ2v) is 5.97. The summed E-state index contributed by atoms with van der Waals surface area (Å²) in [5, 5.41) is 6.88. The SMILES string of the molecule is S=C(Nc1ccccc1)Nc1cccc(OCCc2ccccc2)c1. The van der Waals surface area contributed by atoms with Crippen LogP contribution in [0.2, 0.25) is 0 Å². The third kappa shape index (κ3) is 5.62. The van der Waals surface area contributed by atoms with E-state index >= 15 is 0 Å². The molecule has 4 heteroatoms. The maximum Gasteiger partial charge on any atom is 0.175 e. The molecule has 3 rings (SSSR count). The highest BCUT2D eigenvalue weighted by Crippen LogP contribution is 2.18. The maximum atomic E-state index is 5.85. The maximum absolute atomic E-state index is 5.85. The average Bonchev–Trinajstić information content (AvgIpc) is 2.64. The fraction of sp³-hybridized carbons (Fsp3) is 0.0952. The van der Waals surface area contributed by atoms with E-state index in [1.807, 2.05) is 72.8 Å². The standard InChI is InChI=1S/C21H20N2OS/c25-21(22-18-10-5-2-6-11-18)23-19-12-7-13-20(16-19)24-15-14-17-8-3-1-4-9-17/h1-13,16H,14-15H2,(H2,22,23,25). The van der Waals surface area contributed by atoms with Gasteiger partial charge >= 0.3 is 0 Å². The van der Waals surface area contributed by atoms with Gasteiger partial charge in [-0.15, -0.1) is 0 Å².